The fourth-order valence-electron chi connectivity index (χ4n) is 3.27. The minimum Gasteiger partial charge on any atom is -0.493 e. The van der Waals surface area contributed by atoms with Crippen LogP contribution in [0.4, 0.5) is 0 Å². The average Bonchev–Trinajstić information content (AvgIpc) is 2.61. The number of carboxylic acids is 1. The van der Waals surface area contributed by atoms with Gasteiger partial charge in [-0.05, 0) is 44.9 Å². The van der Waals surface area contributed by atoms with Gasteiger partial charge in [0.05, 0.1) is 19.8 Å². The Labute approximate surface area is 153 Å². The number of benzene rings is 1. The number of piperidine rings is 1. The van der Waals surface area contributed by atoms with E-state index in [1.54, 1.807) is 23.1 Å². The van der Waals surface area contributed by atoms with Crippen molar-refractivity contribution in [3.05, 3.63) is 23.8 Å². The molecule has 1 aromatic carbocycles. The summed E-state index contributed by atoms with van der Waals surface area (Å²) in [6.07, 6.45) is 1.09. The number of hydrogen-bond acceptors (Lipinski definition) is 5. The standard InChI is InChI=1S/C19H27NO6/c1-13(2)26-15-7-6-14(10-16(15)25-4)17(21)20-9-5-8-19(11-20,12-24-3)18(22)23/h6-7,10,13H,5,8-9,11-12H2,1-4H3,(H,22,23). The number of carboxylic acid groups (broad SMARTS) is 1. The third-order valence-corrected chi connectivity index (χ3v) is 4.51. The van der Waals surface area contributed by atoms with Crippen LogP contribution in [0.25, 0.3) is 0 Å². The molecule has 0 spiro atoms. The molecule has 7 heteroatoms. The largest absolute Gasteiger partial charge is 0.493 e. The summed E-state index contributed by atoms with van der Waals surface area (Å²) in [6.45, 7) is 4.54. The highest BCUT2D eigenvalue weighted by atomic mass is 16.5. The molecule has 2 rings (SSSR count). The number of carbonyl (C=O) groups is 2. The second-order valence-corrected chi connectivity index (χ2v) is 6.88. The van der Waals surface area contributed by atoms with E-state index in [2.05, 4.69) is 0 Å². The van der Waals surface area contributed by atoms with Crippen LogP contribution < -0.4 is 9.47 Å². The molecule has 1 aliphatic rings. The van der Waals surface area contributed by atoms with Crippen LogP contribution in [0.2, 0.25) is 0 Å². The SMILES string of the molecule is COCC1(C(=O)O)CCCN(C(=O)c2ccc(OC(C)C)c(OC)c2)C1. The number of methoxy groups -OCH3 is 2. The van der Waals surface area contributed by atoms with Crippen molar-refractivity contribution in [2.75, 3.05) is 33.9 Å². The van der Waals surface area contributed by atoms with Gasteiger partial charge >= 0.3 is 5.97 Å². The van der Waals surface area contributed by atoms with E-state index in [0.29, 0.717) is 36.4 Å². The molecule has 1 unspecified atom stereocenters. The van der Waals surface area contributed by atoms with Crippen molar-refractivity contribution < 1.29 is 28.9 Å². The first-order valence-corrected chi connectivity index (χ1v) is 8.69. The van der Waals surface area contributed by atoms with Crippen LogP contribution in [-0.4, -0.2) is 61.9 Å². The van der Waals surface area contributed by atoms with E-state index in [1.165, 1.54) is 14.2 Å². The summed E-state index contributed by atoms with van der Waals surface area (Å²) in [6, 6.07) is 5.01. The maximum atomic E-state index is 12.9. The van der Waals surface area contributed by atoms with Gasteiger partial charge in [0.15, 0.2) is 11.5 Å². The highest BCUT2D eigenvalue weighted by Crippen LogP contribution is 2.33. The lowest BCUT2D eigenvalue weighted by atomic mass is 9.80. The number of aliphatic carboxylic acids is 1. The van der Waals surface area contributed by atoms with Crippen molar-refractivity contribution in [1.82, 2.24) is 4.90 Å². The second kappa shape index (κ2) is 8.40. The zero-order valence-electron chi connectivity index (χ0n) is 15.8. The first-order valence-electron chi connectivity index (χ1n) is 8.69. The van der Waals surface area contributed by atoms with E-state index in [-0.39, 0.29) is 25.2 Å². The van der Waals surface area contributed by atoms with Crippen molar-refractivity contribution in [2.45, 2.75) is 32.8 Å². The minimum absolute atomic E-state index is 0.0160. The molecule has 0 saturated carbocycles. The topological polar surface area (TPSA) is 85.3 Å². The van der Waals surface area contributed by atoms with Gasteiger partial charge in [0.1, 0.15) is 5.41 Å². The number of nitrogens with zero attached hydrogens (tertiary/aromatic N) is 1. The Bertz CT molecular complexity index is 655. The maximum Gasteiger partial charge on any atom is 0.313 e. The van der Waals surface area contributed by atoms with Crippen molar-refractivity contribution in [2.24, 2.45) is 5.41 Å². The summed E-state index contributed by atoms with van der Waals surface area (Å²) in [7, 11) is 3.00. The molecule has 144 valence electrons. The highest BCUT2D eigenvalue weighted by molar-refractivity contribution is 5.95. The molecule has 0 bridgehead atoms. The number of carbonyl (C=O) groups excluding carboxylic acids is 1. The molecule has 1 aliphatic heterocycles. The molecule has 1 fully saturated rings. The minimum atomic E-state index is -1.06. The van der Waals surface area contributed by atoms with Crippen LogP contribution in [0.1, 0.15) is 37.0 Å². The summed E-state index contributed by atoms with van der Waals surface area (Å²) in [5.41, 5.74) is -0.621. The molecule has 26 heavy (non-hydrogen) atoms. The van der Waals surface area contributed by atoms with E-state index in [4.69, 9.17) is 14.2 Å². The van der Waals surface area contributed by atoms with Crippen molar-refractivity contribution >= 4 is 11.9 Å². The number of rotatable bonds is 7. The van der Waals surface area contributed by atoms with Gasteiger partial charge in [0, 0.05) is 25.8 Å². The van der Waals surface area contributed by atoms with E-state index in [9.17, 15) is 14.7 Å². The lowest BCUT2D eigenvalue weighted by molar-refractivity contribution is -0.155. The van der Waals surface area contributed by atoms with Gasteiger partial charge in [-0.15, -0.1) is 0 Å². The van der Waals surface area contributed by atoms with Crippen LogP contribution in [-0.2, 0) is 9.53 Å². The molecule has 7 nitrogen and oxygen atoms in total. The Morgan fingerprint density at radius 1 is 1.27 bits per heavy atom. The molecule has 1 heterocycles. The lowest BCUT2D eigenvalue weighted by Crippen LogP contribution is -2.52. The monoisotopic (exact) mass is 365 g/mol. The van der Waals surface area contributed by atoms with Crippen LogP contribution in [0.15, 0.2) is 18.2 Å². The number of amides is 1. The van der Waals surface area contributed by atoms with Gasteiger partial charge in [-0.2, -0.15) is 0 Å². The summed E-state index contributed by atoms with van der Waals surface area (Å²) in [5.74, 6) is -0.115. The second-order valence-electron chi connectivity index (χ2n) is 6.88. The fraction of sp³-hybridized carbons (Fsp3) is 0.579. The Morgan fingerprint density at radius 3 is 2.58 bits per heavy atom. The number of likely N-dealkylation sites (tertiary alicyclic amines) is 1. The van der Waals surface area contributed by atoms with Crippen molar-refractivity contribution in [1.29, 1.82) is 0 Å². The predicted molar refractivity (Wildman–Crippen MR) is 95.8 cm³/mol. The normalized spacial score (nSPS) is 20.1. The molecule has 0 aliphatic carbocycles. The van der Waals surface area contributed by atoms with Gasteiger partial charge in [-0.1, -0.05) is 0 Å². The molecule has 1 atom stereocenters. The van der Waals surface area contributed by atoms with E-state index in [0.717, 1.165) is 0 Å². The summed E-state index contributed by atoms with van der Waals surface area (Å²) >= 11 is 0. The highest BCUT2D eigenvalue weighted by Gasteiger charge is 2.44. The molecule has 1 aromatic rings. The lowest BCUT2D eigenvalue weighted by Gasteiger charge is -2.39. The average molecular weight is 365 g/mol. The van der Waals surface area contributed by atoms with E-state index in [1.807, 2.05) is 13.8 Å². The number of ether oxygens (including phenoxy) is 3. The van der Waals surface area contributed by atoms with Gasteiger partial charge in [-0.25, -0.2) is 0 Å². The van der Waals surface area contributed by atoms with Crippen LogP contribution in [0.5, 0.6) is 11.5 Å². The summed E-state index contributed by atoms with van der Waals surface area (Å²) < 4.78 is 16.1. The Hall–Kier alpha value is -2.28. The zero-order valence-corrected chi connectivity index (χ0v) is 15.8. The Morgan fingerprint density at radius 2 is 2.00 bits per heavy atom. The summed E-state index contributed by atoms with van der Waals surface area (Å²) in [4.78, 5) is 26.3. The number of hydrogen-bond donors (Lipinski definition) is 1. The molecule has 1 amide bonds. The quantitative estimate of drug-likeness (QED) is 0.799. The molecular weight excluding hydrogens is 338 g/mol. The smallest absolute Gasteiger partial charge is 0.313 e. The molecule has 0 radical (unpaired) electrons. The first-order chi connectivity index (χ1) is 12.3. The predicted octanol–water partition coefficient (Wildman–Crippen LogP) is 2.44. The van der Waals surface area contributed by atoms with E-state index >= 15 is 0 Å². The molecule has 0 aromatic heterocycles. The Kier molecular flexibility index (Phi) is 6.47. The third-order valence-electron chi connectivity index (χ3n) is 4.51. The molecular formula is C19H27NO6. The van der Waals surface area contributed by atoms with Gasteiger partial charge < -0.3 is 24.2 Å². The zero-order chi connectivity index (χ0) is 19.3. The third kappa shape index (κ3) is 4.27. The molecule has 1 N–H and O–H groups in total. The van der Waals surface area contributed by atoms with Crippen LogP contribution in [0, 0.1) is 5.41 Å². The van der Waals surface area contributed by atoms with Crippen LogP contribution >= 0.6 is 0 Å². The van der Waals surface area contributed by atoms with Gasteiger partial charge in [0.25, 0.3) is 5.91 Å². The first kappa shape index (κ1) is 20.0. The van der Waals surface area contributed by atoms with Crippen molar-refractivity contribution in [3.63, 3.8) is 0 Å². The van der Waals surface area contributed by atoms with Crippen LogP contribution in [0.3, 0.4) is 0 Å². The van der Waals surface area contributed by atoms with Gasteiger partial charge in [-0.3, -0.25) is 9.59 Å². The van der Waals surface area contributed by atoms with Gasteiger partial charge in [0.2, 0.25) is 0 Å². The fourth-order valence-corrected chi connectivity index (χ4v) is 3.27. The van der Waals surface area contributed by atoms with Crippen molar-refractivity contribution in [3.8, 4) is 11.5 Å². The van der Waals surface area contributed by atoms with E-state index < -0.39 is 11.4 Å². The maximum absolute atomic E-state index is 12.9. The Balaban J connectivity index is 2.23. The summed E-state index contributed by atoms with van der Waals surface area (Å²) in [5, 5.41) is 9.64. The molecule has 1 saturated heterocycles.